The van der Waals surface area contributed by atoms with Crippen molar-refractivity contribution in [1.29, 1.82) is 0 Å². The molecule has 2 N–H and O–H groups in total. The first-order chi connectivity index (χ1) is 13.7. The highest BCUT2D eigenvalue weighted by Gasteiger charge is 2.36. The Morgan fingerprint density at radius 3 is 2.79 bits per heavy atom. The third kappa shape index (κ3) is 4.35. The zero-order chi connectivity index (χ0) is 19.3. The van der Waals surface area contributed by atoms with Gasteiger partial charge in [-0.15, -0.1) is 0 Å². The molecule has 0 spiro atoms. The van der Waals surface area contributed by atoms with Crippen molar-refractivity contribution in [2.75, 3.05) is 31.5 Å². The maximum absolute atomic E-state index is 12.7. The van der Waals surface area contributed by atoms with E-state index in [4.69, 9.17) is 0 Å². The number of anilines is 1. The summed E-state index contributed by atoms with van der Waals surface area (Å²) in [6.07, 6.45) is 6.73. The van der Waals surface area contributed by atoms with E-state index in [1.54, 1.807) is 6.33 Å². The number of carbonyl (C=O) groups is 2. The Kier molecular flexibility index (Phi) is 5.60. The second kappa shape index (κ2) is 8.46. The number of urea groups is 1. The molecule has 2 aliphatic rings. The molecule has 28 heavy (non-hydrogen) atoms. The minimum Gasteiger partial charge on any atom is -0.348 e. The number of likely N-dealkylation sites (tertiary alicyclic amines) is 2. The summed E-state index contributed by atoms with van der Waals surface area (Å²) >= 11 is 0. The van der Waals surface area contributed by atoms with Crippen molar-refractivity contribution in [2.45, 2.75) is 25.7 Å². The monoisotopic (exact) mass is 381 g/mol. The van der Waals surface area contributed by atoms with E-state index in [1.165, 1.54) is 0 Å². The fraction of sp³-hybridized carbons (Fsp3) is 0.476. The molecule has 0 aliphatic carbocycles. The Morgan fingerprint density at radius 2 is 2.00 bits per heavy atom. The van der Waals surface area contributed by atoms with Gasteiger partial charge in [0.2, 0.25) is 5.91 Å². The molecule has 3 amide bonds. The topological polar surface area (TPSA) is 81.3 Å². The number of nitrogens with one attached hydrogen (secondary N) is 2. The summed E-state index contributed by atoms with van der Waals surface area (Å²) in [7, 11) is 0. The normalized spacial score (nSPS) is 22.5. The average Bonchev–Trinajstić information content (AvgIpc) is 3.17. The standard InChI is InChI=1S/C21H27N5O2/c27-20-12-16-6-10-26(21(28)24-18-4-2-1-3-5-18)14-17(16)7-9-25(20)11-8-19-13-22-15-23-19/h1-5,13,15-17H,6-12,14H2,(H,22,23)(H,24,28)/t16-,17-/m0/s1. The number of para-hydroxylation sites is 1. The Balaban J connectivity index is 1.32. The molecule has 2 fully saturated rings. The molecule has 0 bridgehead atoms. The summed E-state index contributed by atoms with van der Waals surface area (Å²) in [5.74, 6) is 1.01. The fourth-order valence-corrected chi connectivity index (χ4v) is 4.30. The van der Waals surface area contributed by atoms with Gasteiger partial charge in [0, 0.05) is 56.6 Å². The number of nitrogens with zero attached hydrogens (tertiary/aromatic N) is 3. The number of imidazole rings is 1. The van der Waals surface area contributed by atoms with Crippen LogP contribution in [0.5, 0.6) is 0 Å². The lowest BCUT2D eigenvalue weighted by Gasteiger charge is -2.37. The SMILES string of the molecule is O=C1C[C@@H]2CCN(C(=O)Nc3ccccc3)C[C@@H]2CCN1CCc1cnc[nH]1. The van der Waals surface area contributed by atoms with Crippen molar-refractivity contribution >= 4 is 17.6 Å². The van der Waals surface area contributed by atoms with E-state index in [2.05, 4.69) is 15.3 Å². The van der Waals surface area contributed by atoms with Crippen LogP contribution in [0.15, 0.2) is 42.9 Å². The molecule has 7 heteroatoms. The van der Waals surface area contributed by atoms with Gasteiger partial charge in [0.25, 0.3) is 0 Å². The lowest BCUT2D eigenvalue weighted by atomic mass is 9.82. The van der Waals surface area contributed by atoms with Crippen LogP contribution >= 0.6 is 0 Å². The minimum atomic E-state index is -0.0451. The molecule has 1 aromatic heterocycles. The molecule has 0 saturated carbocycles. The smallest absolute Gasteiger partial charge is 0.321 e. The van der Waals surface area contributed by atoms with Gasteiger partial charge in [-0.25, -0.2) is 9.78 Å². The number of carbonyl (C=O) groups excluding carboxylic acids is 2. The largest absolute Gasteiger partial charge is 0.348 e. The Hall–Kier alpha value is -2.83. The summed E-state index contributed by atoms with van der Waals surface area (Å²) < 4.78 is 0. The molecular formula is C21H27N5O2. The first kappa shape index (κ1) is 18.5. The number of amides is 3. The van der Waals surface area contributed by atoms with Crippen LogP contribution in [0.2, 0.25) is 0 Å². The molecule has 2 aliphatic heterocycles. The van der Waals surface area contributed by atoms with Crippen molar-refractivity contribution in [3.63, 3.8) is 0 Å². The maximum atomic E-state index is 12.7. The predicted molar refractivity (Wildman–Crippen MR) is 107 cm³/mol. The molecule has 3 heterocycles. The summed E-state index contributed by atoms with van der Waals surface area (Å²) in [4.78, 5) is 36.3. The van der Waals surface area contributed by atoms with Gasteiger partial charge in [-0.2, -0.15) is 0 Å². The molecule has 4 rings (SSSR count). The first-order valence-electron chi connectivity index (χ1n) is 10.0. The van der Waals surface area contributed by atoms with Crippen LogP contribution in [0.1, 0.15) is 25.0 Å². The lowest BCUT2D eigenvalue weighted by Crippen LogP contribution is -2.45. The van der Waals surface area contributed by atoms with E-state index in [0.717, 1.165) is 50.3 Å². The van der Waals surface area contributed by atoms with Gasteiger partial charge in [-0.05, 0) is 36.8 Å². The van der Waals surface area contributed by atoms with E-state index in [1.807, 2.05) is 46.3 Å². The second-order valence-corrected chi connectivity index (χ2v) is 7.75. The zero-order valence-corrected chi connectivity index (χ0v) is 16.0. The van der Waals surface area contributed by atoms with E-state index < -0.39 is 0 Å². The van der Waals surface area contributed by atoms with Crippen LogP contribution in [0.3, 0.4) is 0 Å². The molecule has 2 atom stereocenters. The average molecular weight is 381 g/mol. The number of benzene rings is 1. The number of hydrogen-bond donors (Lipinski definition) is 2. The van der Waals surface area contributed by atoms with Crippen LogP contribution in [0.4, 0.5) is 10.5 Å². The summed E-state index contributed by atoms with van der Waals surface area (Å²) in [6, 6.07) is 9.50. The fourth-order valence-electron chi connectivity index (χ4n) is 4.30. The number of fused-ring (bicyclic) bond motifs is 1. The molecule has 0 unspecified atom stereocenters. The molecule has 2 aromatic rings. The quantitative estimate of drug-likeness (QED) is 0.854. The van der Waals surface area contributed by atoms with Crippen LogP contribution in [-0.4, -0.2) is 57.9 Å². The molecular weight excluding hydrogens is 354 g/mol. The molecule has 7 nitrogen and oxygen atoms in total. The highest BCUT2D eigenvalue weighted by molar-refractivity contribution is 5.89. The van der Waals surface area contributed by atoms with Crippen molar-refractivity contribution in [3.8, 4) is 0 Å². The lowest BCUT2D eigenvalue weighted by molar-refractivity contribution is -0.131. The molecule has 148 valence electrons. The third-order valence-electron chi connectivity index (χ3n) is 5.97. The predicted octanol–water partition coefficient (Wildman–Crippen LogP) is 2.74. The van der Waals surface area contributed by atoms with E-state index in [-0.39, 0.29) is 11.9 Å². The second-order valence-electron chi connectivity index (χ2n) is 7.75. The van der Waals surface area contributed by atoms with E-state index in [9.17, 15) is 9.59 Å². The van der Waals surface area contributed by atoms with Gasteiger partial charge in [-0.1, -0.05) is 18.2 Å². The van der Waals surface area contributed by atoms with E-state index in [0.29, 0.717) is 24.8 Å². The van der Waals surface area contributed by atoms with Gasteiger partial charge < -0.3 is 20.1 Å². The number of aromatic nitrogens is 2. The number of piperidine rings is 1. The number of aromatic amines is 1. The zero-order valence-electron chi connectivity index (χ0n) is 16.0. The summed E-state index contributed by atoms with van der Waals surface area (Å²) in [5.41, 5.74) is 1.87. The van der Waals surface area contributed by atoms with Gasteiger partial charge in [0.1, 0.15) is 0 Å². The highest BCUT2D eigenvalue weighted by atomic mass is 16.2. The number of H-pyrrole nitrogens is 1. The Bertz CT molecular complexity index is 792. The van der Waals surface area contributed by atoms with Gasteiger partial charge in [-0.3, -0.25) is 4.79 Å². The maximum Gasteiger partial charge on any atom is 0.321 e. The first-order valence-corrected chi connectivity index (χ1v) is 10.0. The molecule has 2 saturated heterocycles. The van der Waals surface area contributed by atoms with Gasteiger partial charge in [0.15, 0.2) is 0 Å². The van der Waals surface area contributed by atoms with Gasteiger partial charge in [0.05, 0.1) is 6.33 Å². The van der Waals surface area contributed by atoms with Crippen LogP contribution < -0.4 is 5.32 Å². The van der Waals surface area contributed by atoms with Crippen LogP contribution in [0, 0.1) is 11.8 Å². The van der Waals surface area contributed by atoms with Crippen molar-refractivity contribution in [1.82, 2.24) is 19.8 Å². The summed E-state index contributed by atoms with van der Waals surface area (Å²) in [6.45, 7) is 2.92. The number of hydrogen-bond acceptors (Lipinski definition) is 3. The third-order valence-corrected chi connectivity index (χ3v) is 5.97. The summed E-state index contributed by atoms with van der Waals surface area (Å²) in [5, 5.41) is 2.98. The van der Waals surface area contributed by atoms with Gasteiger partial charge >= 0.3 is 6.03 Å². The minimum absolute atomic E-state index is 0.0451. The Labute approximate surface area is 165 Å². The highest BCUT2D eigenvalue weighted by Crippen LogP contribution is 2.32. The Morgan fingerprint density at radius 1 is 1.18 bits per heavy atom. The van der Waals surface area contributed by atoms with Crippen molar-refractivity contribution in [2.24, 2.45) is 11.8 Å². The van der Waals surface area contributed by atoms with Crippen LogP contribution in [0.25, 0.3) is 0 Å². The van der Waals surface area contributed by atoms with Crippen molar-refractivity contribution < 1.29 is 9.59 Å². The molecule has 1 aromatic carbocycles. The van der Waals surface area contributed by atoms with Crippen molar-refractivity contribution in [3.05, 3.63) is 48.5 Å². The van der Waals surface area contributed by atoms with E-state index >= 15 is 0 Å². The van der Waals surface area contributed by atoms with Crippen LogP contribution in [-0.2, 0) is 11.2 Å². The molecule has 0 radical (unpaired) electrons. The number of rotatable bonds is 4.